The predicted molar refractivity (Wildman–Crippen MR) is 143 cm³/mol. The average Bonchev–Trinajstić information content (AvgIpc) is 3.20. The monoisotopic (exact) mass is 526 g/mol. The molecule has 0 unspecified atom stereocenters. The van der Waals surface area contributed by atoms with Gasteiger partial charge in [-0.25, -0.2) is 14.2 Å². The lowest BCUT2D eigenvalue weighted by Gasteiger charge is -2.19. The molecule has 0 aliphatic heterocycles. The quantitative estimate of drug-likeness (QED) is 0.194. The Morgan fingerprint density at radius 1 is 1.19 bits per heavy atom. The highest BCUT2D eigenvalue weighted by atomic mass is 28.3. The van der Waals surface area contributed by atoms with E-state index < -0.39 is 25.8 Å². The van der Waals surface area contributed by atoms with Gasteiger partial charge in [0, 0.05) is 45.4 Å². The average molecular weight is 527 g/mol. The number of carbonyl (C=O) groups is 2. The van der Waals surface area contributed by atoms with Gasteiger partial charge in [-0.3, -0.25) is 9.78 Å². The van der Waals surface area contributed by atoms with Crippen molar-refractivity contribution in [3.63, 3.8) is 0 Å². The van der Waals surface area contributed by atoms with Crippen LogP contribution >= 0.6 is 0 Å². The number of carboxylic acid groups (broad SMARTS) is 1. The van der Waals surface area contributed by atoms with Crippen LogP contribution in [0.3, 0.4) is 0 Å². The number of rotatable bonds is 11. The molecule has 0 aliphatic carbocycles. The van der Waals surface area contributed by atoms with E-state index in [1.807, 2.05) is 6.92 Å². The van der Waals surface area contributed by atoms with Crippen molar-refractivity contribution in [1.29, 1.82) is 0 Å². The number of nitrogens with zero attached hydrogens (tertiary/aromatic N) is 4. The first kappa shape index (κ1) is 28.2. The second kappa shape index (κ2) is 11.8. The Bertz CT molecular complexity index is 1290. The number of halogens is 1. The minimum atomic E-state index is -1.25. The largest absolute Gasteiger partial charge is 0.465 e. The maximum Gasteiger partial charge on any atom is 0.407 e. The number of hydrogen-bond donors (Lipinski definition) is 1. The third-order valence-corrected chi connectivity index (χ3v) is 7.89. The molecule has 2 heterocycles. The van der Waals surface area contributed by atoms with Gasteiger partial charge >= 0.3 is 6.09 Å². The standard InChI is InChI=1S/C27H35FN4O4Si/c1-7-31(27(34)35)16-21-13-29-14-23(19(21)3)20-8-9-24(28)22(12-20)25(33)26-30-18(2)15-32(26)17-36-10-11-37(4,5)6/h8-9,12-15H,7,10-11,16-17H2,1-6H3,(H,34,35). The van der Waals surface area contributed by atoms with Crippen LogP contribution in [0.5, 0.6) is 0 Å². The fourth-order valence-electron chi connectivity index (χ4n) is 3.89. The van der Waals surface area contributed by atoms with Crippen LogP contribution < -0.4 is 0 Å². The zero-order valence-electron chi connectivity index (χ0n) is 22.3. The molecule has 0 bridgehead atoms. The van der Waals surface area contributed by atoms with Gasteiger partial charge in [-0.2, -0.15) is 0 Å². The lowest BCUT2D eigenvalue weighted by molar-refractivity contribution is 0.0811. The molecule has 1 amide bonds. The van der Waals surface area contributed by atoms with E-state index in [0.717, 1.165) is 17.2 Å². The van der Waals surface area contributed by atoms with Crippen LogP contribution in [0, 0.1) is 19.7 Å². The van der Waals surface area contributed by atoms with Gasteiger partial charge < -0.3 is 19.3 Å². The highest BCUT2D eigenvalue weighted by Gasteiger charge is 2.22. The van der Waals surface area contributed by atoms with Crippen molar-refractivity contribution >= 4 is 20.0 Å². The van der Waals surface area contributed by atoms with Crippen molar-refractivity contribution in [2.45, 2.75) is 59.7 Å². The molecule has 37 heavy (non-hydrogen) atoms. The second-order valence-electron chi connectivity index (χ2n) is 10.3. The van der Waals surface area contributed by atoms with E-state index in [4.69, 9.17) is 4.74 Å². The van der Waals surface area contributed by atoms with Gasteiger partial charge in [0.1, 0.15) is 12.5 Å². The SMILES string of the molecule is CCN(Cc1cncc(-c2ccc(F)c(C(=O)c3nc(C)cn3COCC[Si](C)(C)C)c2)c1C)C(=O)O. The molecular weight excluding hydrogens is 491 g/mol. The van der Waals surface area contributed by atoms with Crippen LogP contribution in [-0.4, -0.2) is 57.6 Å². The number of aryl methyl sites for hydroxylation is 1. The van der Waals surface area contributed by atoms with Crippen LogP contribution in [-0.2, 0) is 18.0 Å². The van der Waals surface area contributed by atoms with Crippen molar-refractivity contribution in [2.24, 2.45) is 0 Å². The predicted octanol–water partition coefficient (Wildman–Crippen LogP) is 5.74. The van der Waals surface area contributed by atoms with E-state index >= 15 is 0 Å². The Morgan fingerprint density at radius 3 is 2.57 bits per heavy atom. The fourth-order valence-corrected chi connectivity index (χ4v) is 4.65. The highest BCUT2D eigenvalue weighted by Crippen LogP contribution is 2.28. The summed E-state index contributed by atoms with van der Waals surface area (Å²) >= 11 is 0. The van der Waals surface area contributed by atoms with Gasteiger partial charge in [-0.05, 0) is 55.6 Å². The Balaban J connectivity index is 1.90. The Labute approximate surface area is 218 Å². The van der Waals surface area contributed by atoms with E-state index in [1.165, 1.54) is 17.0 Å². The molecule has 0 aliphatic rings. The van der Waals surface area contributed by atoms with E-state index in [-0.39, 0.29) is 24.7 Å². The van der Waals surface area contributed by atoms with E-state index in [0.29, 0.717) is 30.0 Å². The normalized spacial score (nSPS) is 11.5. The molecule has 0 spiro atoms. The number of ketones is 1. The summed E-state index contributed by atoms with van der Waals surface area (Å²) < 4.78 is 22.3. The molecule has 8 nitrogen and oxygen atoms in total. The van der Waals surface area contributed by atoms with E-state index in [9.17, 15) is 19.1 Å². The summed E-state index contributed by atoms with van der Waals surface area (Å²) in [5, 5.41) is 9.39. The molecule has 198 valence electrons. The minimum Gasteiger partial charge on any atom is -0.465 e. The van der Waals surface area contributed by atoms with Crippen molar-refractivity contribution < 1.29 is 23.8 Å². The fraction of sp³-hybridized carbons (Fsp3) is 0.407. The minimum absolute atomic E-state index is 0.100. The molecule has 0 radical (unpaired) electrons. The molecule has 0 saturated heterocycles. The Kier molecular flexibility index (Phi) is 8.98. The van der Waals surface area contributed by atoms with Gasteiger partial charge in [0.2, 0.25) is 5.78 Å². The maximum absolute atomic E-state index is 14.9. The van der Waals surface area contributed by atoms with Gasteiger partial charge in [0.15, 0.2) is 5.82 Å². The molecule has 1 aromatic carbocycles. The van der Waals surface area contributed by atoms with Crippen molar-refractivity contribution in [3.05, 3.63) is 70.8 Å². The topological polar surface area (TPSA) is 97.5 Å². The maximum atomic E-state index is 14.9. The molecule has 10 heteroatoms. The number of amides is 1. The van der Waals surface area contributed by atoms with Gasteiger partial charge in [0.25, 0.3) is 0 Å². The molecule has 0 saturated carbocycles. The first-order chi connectivity index (χ1) is 17.4. The molecule has 2 aromatic heterocycles. The number of ether oxygens (including phenoxy) is 1. The number of hydrogen-bond acceptors (Lipinski definition) is 5. The van der Waals surface area contributed by atoms with Crippen molar-refractivity contribution in [2.75, 3.05) is 13.2 Å². The van der Waals surface area contributed by atoms with Crippen LogP contribution in [0.2, 0.25) is 25.7 Å². The first-order valence-electron chi connectivity index (χ1n) is 12.3. The Hall–Kier alpha value is -3.37. The highest BCUT2D eigenvalue weighted by molar-refractivity contribution is 6.76. The molecule has 3 aromatic rings. The van der Waals surface area contributed by atoms with E-state index in [1.54, 1.807) is 43.1 Å². The number of benzene rings is 1. The molecule has 3 rings (SSSR count). The van der Waals surface area contributed by atoms with Crippen LogP contribution in [0.4, 0.5) is 9.18 Å². The van der Waals surface area contributed by atoms with Crippen LogP contribution in [0.1, 0.15) is 39.9 Å². The number of pyridine rings is 1. The van der Waals surface area contributed by atoms with Gasteiger partial charge in [-0.1, -0.05) is 25.7 Å². The van der Waals surface area contributed by atoms with Crippen molar-refractivity contribution in [1.82, 2.24) is 19.4 Å². The van der Waals surface area contributed by atoms with Crippen LogP contribution in [0.25, 0.3) is 11.1 Å². The van der Waals surface area contributed by atoms with Gasteiger partial charge in [-0.15, -0.1) is 0 Å². The third-order valence-electron chi connectivity index (χ3n) is 6.18. The summed E-state index contributed by atoms with van der Waals surface area (Å²) in [5.41, 5.74) is 3.39. The lowest BCUT2D eigenvalue weighted by Crippen LogP contribution is -2.28. The summed E-state index contributed by atoms with van der Waals surface area (Å²) in [4.78, 5) is 34.8. The number of imidazole rings is 1. The zero-order chi connectivity index (χ0) is 27.3. The van der Waals surface area contributed by atoms with Gasteiger partial charge in [0.05, 0.1) is 17.8 Å². The summed E-state index contributed by atoms with van der Waals surface area (Å²) in [5.74, 6) is -1.07. The summed E-state index contributed by atoms with van der Waals surface area (Å²) in [6.45, 7) is 13.5. The third kappa shape index (κ3) is 7.11. The second-order valence-corrected chi connectivity index (χ2v) is 15.9. The Morgan fingerprint density at radius 2 is 1.92 bits per heavy atom. The van der Waals surface area contributed by atoms with Crippen molar-refractivity contribution in [3.8, 4) is 11.1 Å². The molecule has 1 N–H and O–H groups in total. The summed E-state index contributed by atoms with van der Waals surface area (Å²) in [7, 11) is -1.25. The molecule has 0 fully saturated rings. The van der Waals surface area contributed by atoms with Crippen LogP contribution in [0.15, 0.2) is 36.8 Å². The molecule has 0 atom stereocenters. The number of carbonyl (C=O) groups excluding carboxylic acids is 1. The lowest BCUT2D eigenvalue weighted by atomic mass is 9.96. The summed E-state index contributed by atoms with van der Waals surface area (Å²) in [6.07, 6.45) is 3.97. The first-order valence-corrected chi connectivity index (χ1v) is 16.0. The number of aromatic nitrogens is 3. The zero-order valence-corrected chi connectivity index (χ0v) is 23.3. The molecular formula is C27H35FN4O4Si. The smallest absolute Gasteiger partial charge is 0.407 e. The van der Waals surface area contributed by atoms with E-state index in [2.05, 4.69) is 29.6 Å². The summed E-state index contributed by atoms with van der Waals surface area (Å²) in [6, 6.07) is 5.34.